The molecule has 0 unspecified atom stereocenters. The smallest absolute Gasteiger partial charge is 0.230 e. The van der Waals surface area contributed by atoms with Gasteiger partial charge in [-0.05, 0) is 42.3 Å². The minimum atomic E-state index is -0.0629. The Morgan fingerprint density at radius 3 is 2.31 bits per heavy atom. The topological polar surface area (TPSA) is 59.8 Å². The molecule has 0 bridgehead atoms. The normalized spacial score (nSPS) is 11.8. The summed E-state index contributed by atoms with van der Waals surface area (Å²) in [5.74, 6) is 0.995. The summed E-state index contributed by atoms with van der Waals surface area (Å²) in [6.07, 6.45) is 0.633. The Balaban J connectivity index is 1.51. The first-order valence-corrected chi connectivity index (χ1v) is 11.7. The number of hydrogen-bond donors (Lipinski definition) is 1. The zero-order valence-corrected chi connectivity index (χ0v) is 19.2. The van der Waals surface area contributed by atoms with Crippen LogP contribution in [0, 0.1) is 0 Å². The maximum Gasteiger partial charge on any atom is 0.230 e. The number of rotatable bonds is 8. The van der Waals surface area contributed by atoms with Gasteiger partial charge >= 0.3 is 0 Å². The monoisotopic (exact) mass is 462 g/mol. The van der Waals surface area contributed by atoms with Crippen molar-refractivity contribution in [1.29, 1.82) is 0 Å². The highest BCUT2D eigenvalue weighted by molar-refractivity contribution is 7.99. The van der Waals surface area contributed by atoms with Crippen molar-refractivity contribution in [3.05, 3.63) is 107 Å². The molecule has 4 rings (SSSR count). The Bertz CT molecular complexity index is 1160. The average molecular weight is 463 g/mol. The van der Waals surface area contributed by atoms with Gasteiger partial charge in [0.15, 0.2) is 5.16 Å². The molecule has 0 aliphatic rings. The van der Waals surface area contributed by atoms with Crippen LogP contribution in [0.3, 0.4) is 0 Å². The molecule has 1 aromatic heterocycles. The molecule has 162 valence electrons. The van der Waals surface area contributed by atoms with E-state index in [1.807, 2.05) is 84.3 Å². The Morgan fingerprint density at radius 1 is 0.969 bits per heavy atom. The number of thioether (sulfide) groups is 1. The molecule has 4 aromatic rings. The summed E-state index contributed by atoms with van der Waals surface area (Å²) in [7, 11) is 0. The maximum atomic E-state index is 12.6. The van der Waals surface area contributed by atoms with Gasteiger partial charge in [0.05, 0.1) is 11.8 Å². The number of aromatic nitrogens is 3. The first kappa shape index (κ1) is 22.1. The van der Waals surface area contributed by atoms with E-state index in [2.05, 4.69) is 27.6 Å². The van der Waals surface area contributed by atoms with Crippen molar-refractivity contribution in [3.63, 3.8) is 0 Å². The van der Waals surface area contributed by atoms with Crippen molar-refractivity contribution in [2.45, 2.75) is 24.5 Å². The van der Waals surface area contributed by atoms with Crippen LogP contribution < -0.4 is 5.32 Å². The number of carbonyl (C=O) groups excluding carboxylic acids is 1. The number of hydrogen-bond acceptors (Lipinski definition) is 4. The number of amides is 1. The fourth-order valence-corrected chi connectivity index (χ4v) is 4.28. The molecular formula is C25H23ClN4OS. The molecule has 0 radical (unpaired) electrons. The second-order valence-electron chi connectivity index (χ2n) is 7.36. The molecule has 1 heterocycles. The van der Waals surface area contributed by atoms with Gasteiger partial charge in [0.2, 0.25) is 5.91 Å². The van der Waals surface area contributed by atoms with E-state index in [9.17, 15) is 4.79 Å². The average Bonchev–Trinajstić information content (AvgIpc) is 3.21. The summed E-state index contributed by atoms with van der Waals surface area (Å²) in [6.45, 7) is 1.98. The number of benzene rings is 3. The molecule has 0 fully saturated rings. The van der Waals surface area contributed by atoms with Crippen LogP contribution in [-0.4, -0.2) is 26.4 Å². The third-order valence-electron chi connectivity index (χ3n) is 5.00. The lowest BCUT2D eigenvalue weighted by molar-refractivity contribution is -0.119. The Labute approximate surface area is 196 Å². The van der Waals surface area contributed by atoms with Crippen LogP contribution in [0.5, 0.6) is 0 Å². The fraction of sp³-hybridized carbons (Fsp3) is 0.160. The molecule has 0 spiro atoms. The summed E-state index contributed by atoms with van der Waals surface area (Å²) in [4.78, 5) is 12.6. The quantitative estimate of drug-likeness (QED) is 0.352. The molecule has 1 atom stereocenters. The summed E-state index contributed by atoms with van der Waals surface area (Å²) in [5.41, 5.74) is 3.12. The van der Waals surface area contributed by atoms with Gasteiger partial charge in [-0.15, -0.1) is 10.2 Å². The van der Waals surface area contributed by atoms with Crippen LogP contribution in [0.4, 0.5) is 0 Å². The van der Waals surface area contributed by atoms with Gasteiger partial charge in [-0.2, -0.15) is 0 Å². The largest absolute Gasteiger partial charge is 0.349 e. The lowest BCUT2D eigenvalue weighted by atomic mass is 10.1. The van der Waals surface area contributed by atoms with E-state index in [0.29, 0.717) is 16.6 Å². The molecule has 7 heteroatoms. The highest BCUT2D eigenvalue weighted by atomic mass is 35.5. The van der Waals surface area contributed by atoms with Crippen molar-refractivity contribution in [2.75, 3.05) is 5.75 Å². The first-order chi connectivity index (χ1) is 15.6. The van der Waals surface area contributed by atoms with E-state index < -0.39 is 0 Å². The van der Waals surface area contributed by atoms with E-state index in [4.69, 9.17) is 11.6 Å². The highest BCUT2D eigenvalue weighted by Gasteiger charge is 2.17. The van der Waals surface area contributed by atoms with Gasteiger partial charge in [0.1, 0.15) is 5.82 Å². The van der Waals surface area contributed by atoms with E-state index in [-0.39, 0.29) is 17.7 Å². The number of nitrogens with one attached hydrogen (secondary N) is 1. The first-order valence-electron chi connectivity index (χ1n) is 10.3. The predicted octanol–water partition coefficient (Wildman–Crippen LogP) is 5.48. The van der Waals surface area contributed by atoms with Crippen molar-refractivity contribution < 1.29 is 4.79 Å². The number of nitrogens with zero attached hydrogens (tertiary/aromatic N) is 3. The minimum absolute atomic E-state index is 0.0541. The van der Waals surface area contributed by atoms with E-state index in [1.54, 1.807) is 0 Å². The van der Waals surface area contributed by atoms with Crippen molar-refractivity contribution >= 4 is 29.3 Å². The third kappa shape index (κ3) is 5.58. The summed E-state index contributed by atoms with van der Waals surface area (Å²) < 4.78 is 1.99. The summed E-state index contributed by atoms with van der Waals surface area (Å²) in [5, 5.41) is 13.2. The van der Waals surface area contributed by atoms with Gasteiger partial charge in [-0.1, -0.05) is 84.0 Å². The maximum absolute atomic E-state index is 12.6. The Morgan fingerprint density at radius 2 is 1.62 bits per heavy atom. The van der Waals surface area contributed by atoms with Crippen molar-refractivity contribution in [3.8, 4) is 5.69 Å². The molecule has 0 saturated carbocycles. The predicted molar refractivity (Wildman–Crippen MR) is 129 cm³/mol. The third-order valence-corrected chi connectivity index (χ3v) is 6.18. The van der Waals surface area contributed by atoms with Crippen LogP contribution in [0.1, 0.15) is 29.9 Å². The fourth-order valence-electron chi connectivity index (χ4n) is 3.37. The van der Waals surface area contributed by atoms with Crippen molar-refractivity contribution in [2.24, 2.45) is 0 Å². The zero-order valence-electron chi connectivity index (χ0n) is 17.6. The number of halogens is 1. The second-order valence-corrected chi connectivity index (χ2v) is 8.74. The zero-order chi connectivity index (χ0) is 22.3. The van der Waals surface area contributed by atoms with E-state index in [1.165, 1.54) is 11.8 Å². The summed E-state index contributed by atoms with van der Waals surface area (Å²) >= 11 is 7.45. The molecule has 1 amide bonds. The van der Waals surface area contributed by atoms with Gasteiger partial charge in [-0.25, -0.2) is 0 Å². The molecule has 3 aromatic carbocycles. The second kappa shape index (κ2) is 10.5. The Kier molecular flexibility index (Phi) is 7.24. The van der Waals surface area contributed by atoms with Crippen LogP contribution in [0.25, 0.3) is 5.69 Å². The highest BCUT2D eigenvalue weighted by Crippen LogP contribution is 2.25. The SMILES string of the molecule is C[C@@H](NC(=O)CSc1nnc(Cc2ccccc2)n1-c1ccc(Cl)cc1)c1ccccc1. The molecule has 0 aliphatic heterocycles. The van der Waals surface area contributed by atoms with Crippen LogP contribution >= 0.6 is 23.4 Å². The van der Waals surface area contributed by atoms with E-state index in [0.717, 1.165) is 22.6 Å². The summed E-state index contributed by atoms with van der Waals surface area (Å²) in [6, 6.07) is 27.5. The molecule has 32 heavy (non-hydrogen) atoms. The molecule has 1 N–H and O–H groups in total. The molecule has 5 nitrogen and oxygen atoms in total. The number of carbonyl (C=O) groups is 1. The minimum Gasteiger partial charge on any atom is -0.349 e. The molecule has 0 aliphatic carbocycles. The lowest BCUT2D eigenvalue weighted by Gasteiger charge is -2.14. The Hall–Kier alpha value is -3.09. The molecular weight excluding hydrogens is 440 g/mol. The standard InChI is InChI=1S/C25H23ClN4OS/c1-18(20-10-6-3-7-11-20)27-24(31)17-32-25-29-28-23(16-19-8-4-2-5-9-19)30(25)22-14-12-21(26)13-15-22/h2-15,18H,16-17H2,1H3,(H,27,31)/t18-/m1/s1. The van der Waals surface area contributed by atoms with Gasteiger partial charge in [0.25, 0.3) is 0 Å². The van der Waals surface area contributed by atoms with Crippen molar-refractivity contribution in [1.82, 2.24) is 20.1 Å². The van der Waals surface area contributed by atoms with Gasteiger partial charge in [0, 0.05) is 17.1 Å². The van der Waals surface area contributed by atoms with Crippen LogP contribution in [-0.2, 0) is 11.2 Å². The van der Waals surface area contributed by atoms with Gasteiger partial charge < -0.3 is 5.32 Å². The van der Waals surface area contributed by atoms with Crippen LogP contribution in [0.2, 0.25) is 5.02 Å². The van der Waals surface area contributed by atoms with E-state index >= 15 is 0 Å². The lowest BCUT2D eigenvalue weighted by Crippen LogP contribution is -2.28. The van der Waals surface area contributed by atoms with Crippen LogP contribution in [0.15, 0.2) is 90.1 Å². The van der Waals surface area contributed by atoms with Gasteiger partial charge in [-0.3, -0.25) is 9.36 Å². The molecule has 0 saturated heterocycles.